The van der Waals surface area contributed by atoms with Gasteiger partial charge in [0, 0.05) is 36.5 Å². The number of nitrogens with one attached hydrogen (secondary N) is 1. The molecule has 1 fully saturated rings. The molecule has 5 nitrogen and oxygen atoms in total. The van der Waals surface area contributed by atoms with Crippen molar-refractivity contribution in [2.24, 2.45) is 0 Å². The van der Waals surface area contributed by atoms with Gasteiger partial charge in [-0.3, -0.25) is 9.59 Å². The number of rotatable bonds is 9. The second-order valence-electron chi connectivity index (χ2n) is 6.47. The molecule has 6 heteroatoms. The van der Waals surface area contributed by atoms with Crippen molar-refractivity contribution in [3.63, 3.8) is 0 Å². The van der Waals surface area contributed by atoms with Gasteiger partial charge in [0.1, 0.15) is 5.75 Å². The molecule has 0 radical (unpaired) electrons. The predicted molar refractivity (Wildman–Crippen MR) is 102 cm³/mol. The van der Waals surface area contributed by atoms with Crippen LogP contribution in [-0.2, 0) is 11.3 Å². The Hall–Kier alpha value is -2.34. The van der Waals surface area contributed by atoms with Crippen molar-refractivity contribution in [3.8, 4) is 5.75 Å². The van der Waals surface area contributed by atoms with E-state index in [0.717, 1.165) is 24.2 Å². The van der Waals surface area contributed by atoms with E-state index in [9.17, 15) is 9.59 Å². The molecule has 1 aromatic heterocycles. The fourth-order valence-corrected chi connectivity index (χ4v) is 3.45. The Bertz CT molecular complexity index is 724. The number of nitrogens with zero attached hydrogens (tertiary/aromatic N) is 1. The number of carbonyl (C=O) groups excluding carboxylic acids is 2. The maximum absolute atomic E-state index is 12.6. The van der Waals surface area contributed by atoms with E-state index < -0.39 is 0 Å². The monoisotopic (exact) mass is 372 g/mol. The van der Waals surface area contributed by atoms with Crippen LogP contribution in [-0.4, -0.2) is 36.4 Å². The molecule has 1 saturated carbocycles. The lowest BCUT2D eigenvalue weighted by atomic mass is 10.2. The zero-order valence-corrected chi connectivity index (χ0v) is 15.8. The van der Waals surface area contributed by atoms with Gasteiger partial charge in [-0.15, -0.1) is 0 Å². The average Bonchev–Trinajstić information content (AvgIpc) is 3.35. The van der Waals surface area contributed by atoms with Crippen molar-refractivity contribution >= 4 is 23.2 Å². The lowest BCUT2D eigenvalue weighted by Crippen LogP contribution is -2.33. The zero-order chi connectivity index (χ0) is 18.4. The van der Waals surface area contributed by atoms with Crippen LogP contribution in [0.2, 0.25) is 0 Å². The summed E-state index contributed by atoms with van der Waals surface area (Å²) in [6, 6.07) is 10.0. The lowest BCUT2D eigenvalue weighted by molar-refractivity contribution is -0.132. The largest absolute Gasteiger partial charge is 0.497 e. The molecule has 0 atom stereocenters. The number of amides is 2. The number of ether oxygens (including phenoxy) is 1. The van der Waals surface area contributed by atoms with E-state index in [4.69, 9.17) is 4.74 Å². The first kappa shape index (κ1) is 18.5. The maximum atomic E-state index is 12.6. The molecule has 1 aliphatic rings. The summed E-state index contributed by atoms with van der Waals surface area (Å²) in [5.41, 5.74) is 1.79. The summed E-state index contributed by atoms with van der Waals surface area (Å²) < 4.78 is 5.18. The first-order valence-electron chi connectivity index (χ1n) is 8.90. The standard InChI is InChI=1S/C20H24N2O3S/c1-25-18-8-4-15(5-9-18)13-22(17-6-7-17)19(23)3-2-11-21-20(24)16-10-12-26-14-16/h4-5,8-10,12,14,17H,2-3,6-7,11,13H2,1H3,(H,21,24). The van der Waals surface area contributed by atoms with Crippen LogP contribution in [0.1, 0.15) is 41.6 Å². The highest BCUT2D eigenvalue weighted by molar-refractivity contribution is 7.08. The van der Waals surface area contributed by atoms with Crippen LogP contribution in [0.5, 0.6) is 5.75 Å². The number of methoxy groups -OCH3 is 1. The molecular weight excluding hydrogens is 348 g/mol. The SMILES string of the molecule is COc1ccc(CN(C(=O)CCCNC(=O)c2ccsc2)C2CC2)cc1. The van der Waals surface area contributed by atoms with Crippen LogP contribution in [0.25, 0.3) is 0 Å². The molecule has 3 rings (SSSR count). The van der Waals surface area contributed by atoms with Gasteiger partial charge in [0.2, 0.25) is 5.91 Å². The molecule has 0 unspecified atom stereocenters. The third-order valence-electron chi connectivity index (χ3n) is 4.46. The van der Waals surface area contributed by atoms with Crippen LogP contribution < -0.4 is 10.1 Å². The Morgan fingerprint density at radius 1 is 1.23 bits per heavy atom. The third-order valence-corrected chi connectivity index (χ3v) is 5.14. The summed E-state index contributed by atoms with van der Waals surface area (Å²) in [4.78, 5) is 26.5. The molecule has 1 N–H and O–H groups in total. The van der Waals surface area contributed by atoms with Crippen LogP contribution in [0.3, 0.4) is 0 Å². The van der Waals surface area contributed by atoms with Crippen molar-refractivity contribution in [1.82, 2.24) is 10.2 Å². The average molecular weight is 372 g/mol. The molecule has 0 aliphatic heterocycles. The van der Waals surface area contributed by atoms with Crippen LogP contribution in [0.15, 0.2) is 41.1 Å². The smallest absolute Gasteiger partial charge is 0.252 e. The van der Waals surface area contributed by atoms with E-state index >= 15 is 0 Å². The lowest BCUT2D eigenvalue weighted by Gasteiger charge is -2.23. The summed E-state index contributed by atoms with van der Waals surface area (Å²) in [5, 5.41) is 6.57. The molecule has 0 spiro atoms. The Morgan fingerprint density at radius 2 is 2.00 bits per heavy atom. The Kier molecular flexibility index (Phi) is 6.28. The normalized spacial score (nSPS) is 13.3. The van der Waals surface area contributed by atoms with E-state index in [-0.39, 0.29) is 11.8 Å². The first-order chi connectivity index (χ1) is 12.7. The van der Waals surface area contributed by atoms with Crippen molar-refractivity contribution in [1.29, 1.82) is 0 Å². The number of hydrogen-bond acceptors (Lipinski definition) is 4. The molecule has 1 heterocycles. The number of benzene rings is 1. The highest BCUT2D eigenvalue weighted by Crippen LogP contribution is 2.29. The molecule has 0 saturated heterocycles. The Morgan fingerprint density at radius 3 is 2.62 bits per heavy atom. The summed E-state index contributed by atoms with van der Waals surface area (Å²) >= 11 is 1.50. The predicted octanol–water partition coefficient (Wildman–Crippen LogP) is 3.46. The molecular formula is C20H24N2O3S. The van der Waals surface area contributed by atoms with Crippen LogP contribution >= 0.6 is 11.3 Å². The van der Waals surface area contributed by atoms with Gasteiger partial charge < -0.3 is 15.0 Å². The highest BCUT2D eigenvalue weighted by Gasteiger charge is 2.32. The summed E-state index contributed by atoms with van der Waals surface area (Å²) in [5.74, 6) is 0.906. The van der Waals surface area contributed by atoms with Gasteiger partial charge in [-0.05, 0) is 48.4 Å². The van der Waals surface area contributed by atoms with Crippen molar-refractivity contribution < 1.29 is 14.3 Å². The molecule has 138 valence electrons. The topological polar surface area (TPSA) is 58.6 Å². The minimum atomic E-state index is -0.0732. The number of thiophene rings is 1. The second-order valence-corrected chi connectivity index (χ2v) is 7.25. The van der Waals surface area contributed by atoms with E-state index in [1.54, 1.807) is 13.2 Å². The summed E-state index contributed by atoms with van der Waals surface area (Å²) in [7, 11) is 1.65. The van der Waals surface area contributed by atoms with Gasteiger partial charge in [0.15, 0.2) is 0 Å². The molecule has 1 aliphatic carbocycles. The fraction of sp³-hybridized carbons (Fsp3) is 0.400. The van der Waals surface area contributed by atoms with Gasteiger partial charge in [0.05, 0.1) is 7.11 Å². The molecule has 2 aromatic rings. The quantitative estimate of drug-likeness (QED) is 0.686. The van der Waals surface area contributed by atoms with Gasteiger partial charge in [-0.1, -0.05) is 12.1 Å². The number of hydrogen-bond donors (Lipinski definition) is 1. The summed E-state index contributed by atoms with van der Waals surface area (Å²) in [6.07, 6.45) is 3.27. The van der Waals surface area contributed by atoms with E-state index in [1.807, 2.05) is 39.9 Å². The first-order valence-corrected chi connectivity index (χ1v) is 9.84. The fourth-order valence-electron chi connectivity index (χ4n) is 2.82. The Balaban J connectivity index is 1.45. The third kappa shape index (κ3) is 5.08. The van der Waals surface area contributed by atoms with Crippen molar-refractivity contribution in [2.75, 3.05) is 13.7 Å². The second kappa shape index (κ2) is 8.85. The molecule has 1 aromatic carbocycles. The maximum Gasteiger partial charge on any atom is 0.252 e. The van der Waals surface area contributed by atoms with Gasteiger partial charge in [-0.2, -0.15) is 11.3 Å². The summed E-state index contributed by atoms with van der Waals surface area (Å²) in [6.45, 7) is 1.15. The molecule has 26 heavy (non-hydrogen) atoms. The highest BCUT2D eigenvalue weighted by atomic mass is 32.1. The van der Waals surface area contributed by atoms with Crippen molar-refractivity contribution in [2.45, 2.75) is 38.3 Å². The number of carbonyl (C=O) groups is 2. The van der Waals surface area contributed by atoms with E-state index in [2.05, 4.69) is 5.32 Å². The van der Waals surface area contributed by atoms with Gasteiger partial charge in [0.25, 0.3) is 5.91 Å². The van der Waals surface area contributed by atoms with E-state index in [0.29, 0.717) is 37.5 Å². The molecule has 0 bridgehead atoms. The van der Waals surface area contributed by atoms with Crippen LogP contribution in [0, 0.1) is 0 Å². The van der Waals surface area contributed by atoms with Crippen molar-refractivity contribution in [3.05, 3.63) is 52.2 Å². The Labute approximate surface area is 158 Å². The van der Waals surface area contributed by atoms with Gasteiger partial charge >= 0.3 is 0 Å². The molecule has 2 amide bonds. The van der Waals surface area contributed by atoms with Crippen LogP contribution in [0.4, 0.5) is 0 Å². The van der Waals surface area contributed by atoms with E-state index in [1.165, 1.54) is 11.3 Å². The minimum absolute atomic E-state index is 0.0732. The minimum Gasteiger partial charge on any atom is -0.497 e. The zero-order valence-electron chi connectivity index (χ0n) is 14.9. The van der Waals surface area contributed by atoms with Gasteiger partial charge in [-0.25, -0.2) is 0 Å².